The number of hydrogen-bond acceptors (Lipinski definition) is 4. The van der Waals surface area contributed by atoms with Gasteiger partial charge in [0.15, 0.2) is 0 Å². The van der Waals surface area contributed by atoms with Crippen molar-refractivity contribution in [3.63, 3.8) is 0 Å². The van der Waals surface area contributed by atoms with E-state index in [9.17, 15) is 9.50 Å². The zero-order chi connectivity index (χ0) is 14.8. The average molecular weight is 267 g/mol. The smallest absolute Gasteiger partial charge is 0.129 e. The van der Waals surface area contributed by atoms with Crippen molar-refractivity contribution < 1.29 is 9.50 Å². The first-order valence-electron chi connectivity index (χ1n) is 6.31. The normalized spacial score (nSPS) is 25.8. The minimum Gasteiger partial charge on any atom is -0.398 e. The highest BCUT2D eigenvalue weighted by Gasteiger charge is 2.41. The standard InChI is InChI=1S/C14H22FN3O/c1-13(2,3)18-8-11(19)14(4)6-5-10(17)9(7-16)12(14)15/h5,11,18-19H,6,8,17H2,1-4H3. The summed E-state index contributed by atoms with van der Waals surface area (Å²) >= 11 is 0. The molecule has 0 saturated heterocycles. The Balaban J connectivity index is 2.94. The van der Waals surface area contributed by atoms with Crippen LogP contribution in [0, 0.1) is 16.7 Å². The van der Waals surface area contributed by atoms with E-state index in [1.807, 2.05) is 20.8 Å². The monoisotopic (exact) mass is 267 g/mol. The number of allylic oxidation sites excluding steroid dienone is 2. The molecule has 0 saturated carbocycles. The van der Waals surface area contributed by atoms with Gasteiger partial charge in [0.05, 0.1) is 11.5 Å². The van der Waals surface area contributed by atoms with Crippen LogP contribution in [0.4, 0.5) is 4.39 Å². The Labute approximate surface area is 113 Å². The lowest BCUT2D eigenvalue weighted by molar-refractivity contribution is 0.0425. The maximum Gasteiger partial charge on any atom is 0.129 e. The molecule has 0 heterocycles. The lowest BCUT2D eigenvalue weighted by atomic mass is 9.74. The third kappa shape index (κ3) is 3.34. The summed E-state index contributed by atoms with van der Waals surface area (Å²) in [7, 11) is 0. The van der Waals surface area contributed by atoms with Crippen LogP contribution in [0.25, 0.3) is 0 Å². The number of halogens is 1. The van der Waals surface area contributed by atoms with Crippen molar-refractivity contribution in [2.75, 3.05) is 6.54 Å². The Kier molecular flexibility index (Phi) is 4.39. The van der Waals surface area contributed by atoms with Crippen LogP contribution in [0.1, 0.15) is 34.1 Å². The van der Waals surface area contributed by atoms with Crippen molar-refractivity contribution in [3.05, 3.63) is 23.2 Å². The Morgan fingerprint density at radius 3 is 2.68 bits per heavy atom. The molecule has 1 aliphatic rings. The highest BCUT2D eigenvalue weighted by molar-refractivity contribution is 5.47. The van der Waals surface area contributed by atoms with Crippen LogP contribution < -0.4 is 11.1 Å². The number of nitrogens with two attached hydrogens (primary N) is 1. The second kappa shape index (κ2) is 5.32. The van der Waals surface area contributed by atoms with Crippen LogP contribution in [-0.2, 0) is 0 Å². The van der Waals surface area contributed by atoms with Crippen molar-refractivity contribution in [2.24, 2.45) is 11.1 Å². The van der Waals surface area contributed by atoms with Crippen LogP contribution in [0.5, 0.6) is 0 Å². The topological polar surface area (TPSA) is 82.1 Å². The number of nitriles is 1. The maximum atomic E-state index is 14.4. The first kappa shape index (κ1) is 15.7. The molecule has 2 unspecified atom stereocenters. The zero-order valence-electron chi connectivity index (χ0n) is 11.9. The van der Waals surface area contributed by atoms with Crippen LogP contribution >= 0.6 is 0 Å². The molecule has 2 atom stereocenters. The summed E-state index contributed by atoms with van der Waals surface area (Å²) < 4.78 is 14.4. The number of β-amino-alcohol motifs (C(OH)–C–C–N with tert-alkyl or cyclic N) is 1. The minimum absolute atomic E-state index is 0.147. The number of aliphatic hydroxyl groups is 1. The third-order valence-electron chi connectivity index (χ3n) is 3.43. The number of hydrogen-bond donors (Lipinski definition) is 3. The third-order valence-corrected chi connectivity index (χ3v) is 3.43. The fourth-order valence-corrected chi connectivity index (χ4v) is 1.95. The number of nitrogens with one attached hydrogen (secondary N) is 1. The summed E-state index contributed by atoms with van der Waals surface area (Å²) in [6, 6.07) is 1.77. The molecule has 0 aliphatic heterocycles. The van der Waals surface area contributed by atoms with E-state index in [0.29, 0.717) is 0 Å². The Hall–Kier alpha value is -1.38. The summed E-state index contributed by atoms with van der Waals surface area (Å²) in [5.41, 5.74) is 4.30. The van der Waals surface area contributed by atoms with Crippen molar-refractivity contribution in [1.82, 2.24) is 5.32 Å². The molecule has 1 rings (SSSR count). The number of rotatable bonds is 3. The first-order valence-corrected chi connectivity index (χ1v) is 6.31. The predicted octanol–water partition coefficient (Wildman–Crippen LogP) is 1.74. The van der Waals surface area contributed by atoms with Gasteiger partial charge in [-0.3, -0.25) is 0 Å². The summed E-state index contributed by atoms with van der Waals surface area (Å²) in [6.07, 6.45) is 0.949. The molecule has 106 valence electrons. The summed E-state index contributed by atoms with van der Waals surface area (Å²) in [4.78, 5) is 0. The van der Waals surface area contributed by atoms with Crippen molar-refractivity contribution in [2.45, 2.75) is 45.8 Å². The van der Waals surface area contributed by atoms with E-state index >= 15 is 0 Å². The second-order valence-electron chi connectivity index (χ2n) is 6.23. The van der Waals surface area contributed by atoms with E-state index < -0.39 is 17.3 Å². The van der Waals surface area contributed by atoms with Gasteiger partial charge in [0.2, 0.25) is 0 Å². The van der Waals surface area contributed by atoms with E-state index in [1.165, 1.54) is 0 Å². The van der Waals surface area contributed by atoms with Gasteiger partial charge < -0.3 is 16.2 Å². The van der Waals surface area contributed by atoms with Crippen LogP contribution in [0.3, 0.4) is 0 Å². The Morgan fingerprint density at radius 1 is 1.63 bits per heavy atom. The first-order chi connectivity index (χ1) is 8.62. The molecule has 4 N–H and O–H groups in total. The summed E-state index contributed by atoms with van der Waals surface area (Å²) in [6.45, 7) is 7.76. The quantitative estimate of drug-likeness (QED) is 0.727. The van der Waals surface area contributed by atoms with Crippen molar-refractivity contribution in [3.8, 4) is 6.07 Å². The Bertz CT molecular complexity index is 456. The molecule has 5 heteroatoms. The summed E-state index contributed by atoms with van der Waals surface area (Å²) in [5, 5.41) is 22.3. The van der Waals surface area contributed by atoms with Gasteiger partial charge in [0, 0.05) is 17.8 Å². The van der Waals surface area contributed by atoms with Gasteiger partial charge in [-0.15, -0.1) is 0 Å². The molecule has 0 radical (unpaired) electrons. The van der Waals surface area contributed by atoms with Crippen LogP contribution in [0.2, 0.25) is 0 Å². The molecular weight excluding hydrogens is 245 g/mol. The van der Waals surface area contributed by atoms with Gasteiger partial charge in [-0.25, -0.2) is 4.39 Å². The molecule has 19 heavy (non-hydrogen) atoms. The SMILES string of the molecule is CC(C)(C)NCC(O)C1(C)CC=C(N)C(C#N)=C1F. The lowest BCUT2D eigenvalue weighted by Crippen LogP contribution is -2.47. The van der Waals surface area contributed by atoms with E-state index in [4.69, 9.17) is 11.0 Å². The highest BCUT2D eigenvalue weighted by Crippen LogP contribution is 2.42. The number of aliphatic hydroxyl groups excluding tert-OH is 1. The zero-order valence-corrected chi connectivity index (χ0v) is 11.9. The highest BCUT2D eigenvalue weighted by atomic mass is 19.1. The molecule has 0 spiro atoms. The molecule has 0 aromatic carbocycles. The van der Waals surface area contributed by atoms with E-state index in [-0.39, 0.29) is 29.8 Å². The van der Waals surface area contributed by atoms with E-state index in [0.717, 1.165) is 0 Å². The largest absolute Gasteiger partial charge is 0.398 e. The molecule has 0 bridgehead atoms. The average Bonchev–Trinajstić information content (AvgIpc) is 2.31. The molecule has 4 nitrogen and oxygen atoms in total. The van der Waals surface area contributed by atoms with Gasteiger partial charge >= 0.3 is 0 Å². The van der Waals surface area contributed by atoms with Gasteiger partial charge in [0.25, 0.3) is 0 Å². The van der Waals surface area contributed by atoms with Gasteiger partial charge in [-0.1, -0.05) is 13.0 Å². The van der Waals surface area contributed by atoms with Gasteiger partial charge in [-0.2, -0.15) is 5.26 Å². The lowest BCUT2D eigenvalue weighted by Gasteiger charge is -2.36. The fraction of sp³-hybridized carbons (Fsp3) is 0.643. The van der Waals surface area contributed by atoms with Crippen molar-refractivity contribution >= 4 is 0 Å². The maximum absolute atomic E-state index is 14.4. The van der Waals surface area contributed by atoms with Crippen LogP contribution in [0.15, 0.2) is 23.2 Å². The fourth-order valence-electron chi connectivity index (χ4n) is 1.95. The van der Waals surface area contributed by atoms with E-state index in [2.05, 4.69) is 5.32 Å². The molecule has 0 aromatic rings. The molecular formula is C14H22FN3O. The summed E-state index contributed by atoms with van der Waals surface area (Å²) in [5.74, 6) is -0.627. The van der Waals surface area contributed by atoms with Gasteiger partial charge in [0.1, 0.15) is 17.5 Å². The second-order valence-corrected chi connectivity index (χ2v) is 6.23. The molecule has 1 aliphatic carbocycles. The Morgan fingerprint density at radius 2 is 2.21 bits per heavy atom. The molecule has 0 aromatic heterocycles. The number of nitrogens with zero attached hydrogens (tertiary/aromatic N) is 1. The van der Waals surface area contributed by atoms with Crippen LogP contribution in [-0.4, -0.2) is 23.3 Å². The molecule has 0 fully saturated rings. The predicted molar refractivity (Wildman–Crippen MR) is 72.5 cm³/mol. The molecule has 0 amide bonds. The van der Waals surface area contributed by atoms with Gasteiger partial charge in [-0.05, 0) is 27.2 Å². The van der Waals surface area contributed by atoms with E-state index in [1.54, 1.807) is 19.1 Å². The van der Waals surface area contributed by atoms with Crippen molar-refractivity contribution in [1.29, 1.82) is 5.26 Å². The minimum atomic E-state index is -1.10.